The molecule has 110 valence electrons. The van der Waals surface area contributed by atoms with Crippen LogP contribution in [0.1, 0.15) is 53.8 Å². The monoisotopic (exact) mass is 275 g/mol. The van der Waals surface area contributed by atoms with Crippen molar-refractivity contribution in [2.75, 3.05) is 11.9 Å². The van der Waals surface area contributed by atoms with Crippen molar-refractivity contribution in [1.29, 1.82) is 0 Å². The van der Waals surface area contributed by atoms with Crippen molar-refractivity contribution in [3.8, 4) is 0 Å². The van der Waals surface area contributed by atoms with E-state index < -0.39 is 0 Å². The van der Waals surface area contributed by atoms with Crippen LogP contribution in [-0.2, 0) is 5.41 Å². The second kappa shape index (κ2) is 5.04. The molecule has 1 N–H and O–H groups in total. The van der Waals surface area contributed by atoms with Gasteiger partial charge in [0.15, 0.2) is 11.5 Å². The van der Waals surface area contributed by atoms with Crippen LogP contribution in [0, 0.1) is 5.41 Å². The third-order valence-corrected chi connectivity index (χ3v) is 3.64. The van der Waals surface area contributed by atoms with Gasteiger partial charge in [-0.1, -0.05) is 41.5 Å². The van der Waals surface area contributed by atoms with Crippen molar-refractivity contribution in [3.63, 3.8) is 0 Å². The van der Waals surface area contributed by atoms with Gasteiger partial charge in [0.05, 0.1) is 0 Å². The Labute approximate surface area is 120 Å². The summed E-state index contributed by atoms with van der Waals surface area (Å²) >= 11 is 0. The molecule has 0 aromatic carbocycles. The Bertz CT molecular complexity index is 592. The lowest BCUT2D eigenvalue weighted by Crippen LogP contribution is -2.23. The first-order valence-electron chi connectivity index (χ1n) is 7.20. The van der Waals surface area contributed by atoms with Gasteiger partial charge in [-0.05, 0) is 24.0 Å². The number of nitrogens with zero attached hydrogens (tertiary/aromatic N) is 4. The lowest BCUT2D eigenvalue weighted by Gasteiger charge is -2.23. The summed E-state index contributed by atoms with van der Waals surface area (Å²) in [6.07, 6.45) is 1.13. The van der Waals surface area contributed by atoms with Crippen LogP contribution in [0.15, 0.2) is 12.1 Å². The fourth-order valence-electron chi connectivity index (χ4n) is 1.81. The average molecular weight is 275 g/mol. The molecule has 2 heterocycles. The maximum Gasteiger partial charge on any atom is 0.178 e. The Morgan fingerprint density at radius 2 is 1.80 bits per heavy atom. The smallest absolute Gasteiger partial charge is 0.178 e. The first-order chi connectivity index (χ1) is 9.23. The van der Waals surface area contributed by atoms with Gasteiger partial charge in [0, 0.05) is 12.0 Å². The van der Waals surface area contributed by atoms with Gasteiger partial charge in [-0.15, -0.1) is 15.3 Å². The SMILES string of the molecule is CCC(C)(C)CNc1ccc2nnc(C(C)(C)C)n2n1. The summed E-state index contributed by atoms with van der Waals surface area (Å²) in [6.45, 7) is 13.9. The van der Waals surface area contributed by atoms with Gasteiger partial charge in [0.1, 0.15) is 5.82 Å². The lowest BCUT2D eigenvalue weighted by atomic mass is 9.90. The summed E-state index contributed by atoms with van der Waals surface area (Å²) in [6, 6.07) is 3.92. The Morgan fingerprint density at radius 3 is 2.40 bits per heavy atom. The summed E-state index contributed by atoms with van der Waals surface area (Å²) in [7, 11) is 0. The number of nitrogens with one attached hydrogen (secondary N) is 1. The van der Waals surface area contributed by atoms with E-state index in [4.69, 9.17) is 0 Å². The Morgan fingerprint density at radius 1 is 1.10 bits per heavy atom. The van der Waals surface area contributed by atoms with Crippen molar-refractivity contribution in [3.05, 3.63) is 18.0 Å². The number of hydrogen-bond acceptors (Lipinski definition) is 4. The maximum atomic E-state index is 4.62. The molecule has 20 heavy (non-hydrogen) atoms. The van der Waals surface area contributed by atoms with E-state index in [0.29, 0.717) is 0 Å². The molecule has 0 amide bonds. The van der Waals surface area contributed by atoms with Crippen LogP contribution in [0.3, 0.4) is 0 Å². The average Bonchev–Trinajstić information content (AvgIpc) is 2.79. The van der Waals surface area contributed by atoms with E-state index in [0.717, 1.165) is 30.3 Å². The van der Waals surface area contributed by atoms with E-state index in [2.05, 4.69) is 62.2 Å². The molecule has 2 aromatic rings. The Balaban J connectivity index is 2.29. The molecular formula is C15H25N5. The number of fused-ring (bicyclic) bond motifs is 1. The molecular weight excluding hydrogens is 250 g/mol. The second-order valence-electron chi connectivity index (χ2n) is 7.13. The third kappa shape index (κ3) is 3.08. The van der Waals surface area contributed by atoms with E-state index >= 15 is 0 Å². The molecule has 0 fully saturated rings. The van der Waals surface area contributed by atoms with Crippen molar-refractivity contribution >= 4 is 11.5 Å². The van der Waals surface area contributed by atoms with Crippen molar-refractivity contribution in [2.24, 2.45) is 5.41 Å². The molecule has 0 atom stereocenters. The fraction of sp³-hybridized carbons (Fsp3) is 0.667. The molecule has 2 rings (SSSR count). The molecule has 0 radical (unpaired) electrons. The van der Waals surface area contributed by atoms with Gasteiger partial charge >= 0.3 is 0 Å². The zero-order chi connectivity index (χ0) is 15.0. The maximum absolute atomic E-state index is 4.62. The molecule has 0 aliphatic carbocycles. The van der Waals surface area contributed by atoms with Gasteiger partial charge in [0.25, 0.3) is 0 Å². The molecule has 0 saturated heterocycles. The van der Waals surface area contributed by atoms with E-state index in [1.807, 2.05) is 16.6 Å². The molecule has 0 spiro atoms. The Kier molecular flexibility index (Phi) is 3.71. The predicted molar refractivity (Wildman–Crippen MR) is 82.0 cm³/mol. The van der Waals surface area contributed by atoms with Crippen molar-refractivity contribution in [2.45, 2.75) is 53.4 Å². The molecule has 0 aliphatic rings. The van der Waals surface area contributed by atoms with Crippen molar-refractivity contribution in [1.82, 2.24) is 19.8 Å². The summed E-state index contributed by atoms with van der Waals surface area (Å²) in [4.78, 5) is 0. The highest BCUT2D eigenvalue weighted by atomic mass is 15.4. The van der Waals surface area contributed by atoms with Gasteiger partial charge in [0.2, 0.25) is 0 Å². The molecule has 0 unspecified atom stereocenters. The Hall–Kier alpha value is -1.65. The highest BCUT2D eigenvalue weighted by Crippen LogP contribution is 2.22. The minimum atomic E-state index is -0.0757. The van der Waals surface area contributed by atoms with Crippen LogP contribution >= 0.6 is 0 Å². The van der Waals surface area contributed by atoms with E-state index in [-0.39, 0.29) is 10.8 Å². The minimum absolute atomic E-state index is 0.0757. The number of rotatable bonds is 4. The minimum Gasteiger partial charge on any atom is -0.368 e. The molecule has 0 bridgehead atoms. The quantitative estimate of drug-likeness (QED) is 0.930. The van der Waals surface area contributed by atoms with Gasteiger partial charge in [-0.3, -0.25) is 0 Å². The summed E-state index contributed by atoms with van der Waals surface area (Å²) in [5.41, 5.74) is 0.972. The van der Waals surface area contributed by atoms with Crippen LogP contribution in [0.4, 0.5) is 5.82 Å². The zero-order valence-corrected chi connectivity index (χ0v) is 13.4. The molecule has 5 heteroatoms. The van der Waals surface area contributed by atoms with Gasteiger partial charge in [-0.25, -0.2) is 0 Å². The molecule has 0 saturated carbocycles. The zero-order valence-electron chi connectivity index (χ0n) is 13.4. The highest BCUT2D eigenvalue weighted by Gasteiger charge is 2.22. The van der Waals surface area contributed by atoms with E-state index in [1.54, 1.807) is 0 Å². The van der Waals surface area contributed by atoms with Crippen LogP contribution in [0.2, 0.25) is 0 Å². The summed E-state index contributed by atoms with van der Waals surface area (Å²) < 4.78 is 1.83. The molecule has 5 nitrogen and oxygen atoms in total. The first kappa shape index (κ1) is 14.8. The molecule has 2 aromatic heterocycles. The largest absolute Gasteiger partial charge is 0.368 e. The first-order valence-corrected chi connectivity index (χ1v) is 7.20. The number of anilines is 1. The van der Waals surface area contributed by atoms with E-state index in [1.165, 1.54) is 0 Å². The van der Waals surface area contributed by atoms with Gasteiger partial charge in [-0.2, -0.15) is 4.52 Å². The fourth-order valence-corrected chi connectivity index (χ4v) is 1.81. The standard InChI is InChI=1S/C15H25N5/c1-7-15(5,6)10-16-11-8-9-12-17-18-13(14(2,3)4)20(12)19-11/h8-9H,7,10H2,1-6H3,(H,16,19). The summed E-state index contributed by atoms with van der Waals surface area (Å²) in [5.74, 6) is 1.75. The predicted octanol–water partition coefficient (Wildman–Crippen LogP) is 3.27. The van der Waals surface area contributed by atoms with Crippen molar-refractivity contribution < 1.29 is 0 Å². The molecule has 0 aliphatic heterocycles. The number of hydrogen-bond donors (Lipinski definition) is 1. The van der Waals surface area contributed by atoms with Crippen LogP contribution in [-0.4, -0.2) is 26.4 Å². The van der Waals surface area contributed by atoms with Gasteiger partial charge < -0.3 is 5.32 Å². The second-order valence-corrected chi connectivity index (χ2v) is 7.13. The summed E-state index contributed by atoms with van der Waals surface area (Å²) in [5, 5.41) is 16.5. The third-order valence-electron chi connectivity index (χ3n) is 3.64. The highest BCUT2D eigenvalue weighted by molar-refractivity contribution is 5.44. The van der Waals surface area contributed by atoms with Crippen LogP contribution in [0.25, 0.3) is 5.65 Å². The topological polar surface area (TPSA) is 55.1 Å². The lowest BCUT2D eigenvalue weighted by molar-refractivity contribution is 0.376. The number of aromatic nitrogens is 4. The van der Waals surface area contributed by atoms with Crippen LogP contribution in [0.5, 0.6) is 0 Å². The van der Waals surface area contributed by atoms with E-state index in [9.17, 15) is 0 Å². The normalized spacial score (nSPS) is 12.9. The van der Waals surface area contributed by atoms with Crippen LogP contribution < -0.4 is 5.32 Å².